The van der Waals surface area contributed by atoms with Gasteiger partial charge in [-0.1, -0.05) is 12.1 Å². The molecule has 1 aromatic heterocycles. The average Bonchev–Trinajstić information content (AvgIpc) is 3.09. The first-order chi connectivity index (χ1) is 13.8. The summed E-state index contributed by atoms with van der Waals surface area (Å²) in [6.07, 6.45) is -4.88. The number of halogens is 3. The van der Waals surface area contributed by atoms with E-state index in [1.807, 2.05) is 4.90 Å². The quantitative estimate of drug-likeness (QED) is 0.522. The summed E-state index contributed by atoms with van der Waals surface area (Å²) in [6, 6.07) is 9.57. The van der Waals surface area contributed by atoms with Crippen LogP contribution in [0.4, 0.5) is 18.9 Å². The number of morpholine rings is 1. The first kappa shape index (κ1) is 19.3. The number of nitro groups is 1. The van der Waals surface area contributed by atoms with Crippen molar-refractivity contribution < 1.29 is 22.8 Å². The Morgan fingerprint density at radius 2 is 2.10 bits per heavy atom. The standard InChI is InChI=1S/C19H17F3N4O3/c20-19(21,22)13-3-1-2-12(8-13)17-10-25(6-7-29-17)11-18-23-15-5-4-14(26(27)28)9-16(15)24-18/h1-5,8-9,17H,6-7,10-11H2,(H,23,24). The van der Waals surface area contributed by atoms with Crippen LogP contribution in [0.3, 0.4) is 0 Å². The summed E-state index contributed by atoms with van der Waals surface area (Å²) in [7, 11) is 0. The first-order valence-corrected chi connectivity index (χ1v) is 8.94. The molecule has 0 saturated carbocycles. The van der Waals surface area contributed by atoms with Crippen molar-refractivity contribution in [3.05, 3.63) is 69.5 Å². The van der Waals surface area contributed by atoms with Gasteiger partial charge in [0.05, 0.1) is 40.8 Å². The van der Waals surface area contributed by atoms with E-state index in [-0.39, 0.29) is 5.69 Å². The largest absolute Gasteiger partial charge is 0.416 e. The van der Waals surface area contributed by atoms with Crippen LogP contribution in [-0.4, -0.2) is 39.5 Å². The molecule has 7 nitrogen and oxygen atoms in total. The zero-order valence-electron chi connectivity index (χ0n) is 15.1. The highest BCUT2D eigenvalue weighted by molar-refractivity contribution is 5.77. The van der Waals surface area contributed by atoms with E-state index in [0.717, 1.165) is 12.1 Å². The Morgan fingerprint density at radius 1 is 1.28 bits per heavy atom. The van der Waals surface area contributed by atoms with Crippen molar-refractivity contribution in [2.45, 2.75) is 18.8 Å². The second kappa shape index (κ2) is 7.45. The highest BCUT2D eigenvalue weighted by Crippen LogP contribution is 2.32. The maximum Gasteiger partial charge on any atom is 0.416 e. The number of fused-ring (bicyclic) bond motifs is 1. The number of imidazole rings is 1. The van der Waals surface area contributed by atoms with Gasteiger partial charge < -0.3 is 9.72 Å². The number of aromatic nitrogens is 2. The number of hydrogen-bond acceptors (Lipinski definition) is 5. The number of alkyl halides is 3. The molecule has 4 rings (SSSR count). The summed E-state index contributed by atoms with van der Waals surface area (Å²) in [5, 5.41) is 10.9. The zero-order chi connectivity index (χ0) is 20.6. The molecule has 0 radical (unpaired) electrons. The van der Waals surface area contributed by atoms with Gasteiger partial charge in [-0.15, -0.1) is 0 Å². The summed E-state index contributed by atoms with van der Waals surface area (Å²) >= 11 is 0. The Kier molecular flexibility index (Phi) is 4.97. The van der Waals surface area contributed by atoms with Gasteiger partial charge in [-0.05, 0) is 23.8 Å². The molecule has 1 N–H and O–H groups in total. The van der Waals surface area contributed by atoms with E-state index in [1.54, 1.807) is 12.1 Å². The van der Waals surface area contributed by atoms with Crippen molar-refractivity contribution >= 4 is 16.7 Å². The number of nitrogens with one attached hydrogen (secondary N) is 1. The van der Waals surface area contributed by atoms with Crippen molar-refractivity contribution in [2.75, 3.05) is 19.7 Å². The second-order valence-electron chi connectivity index (χ2n) is 6.86. The number of ether oxygens (including phenoxy) is 1. The zero-order valence-corrected chi connectivity index (χ0v) is 15.1. The predicted octanol–water partition coefficient (Wildman–Crippen LogP) is 4.06. The molecule has 0 spiro atoms. The highest BCUT2D eigenvalue weighted by atomic mass is 19.4. The van der Waals surface area contributed by atoms with Gasteiger partial charge in [-0.2, -0.15) is 13.2 Å². The third kappa shape index (κ3) is 4.22. The Labute approximate surface area is 163 Å². The molecule has 10 heteroatoms. The van der Waals surface area contributed by atoms with Gasteiger partial charge in [0.2, 0.25) is 0 Å². The topological polar surface area (TPSA) is 84.3 Å². The normalized spacial score (nSPS) is 18.2. The van der Waals surface area contributed by atoms with Crippen LogP contribution in [0, 0.1) is 10.1 Å². The molecule has 0 aliphatic carbocycles. The van der Waals surface area contributed by atoms with E-state index in [4.69, 9.17) is 4.74 Å². The summed E-state index contributed by atoms with van der Waals surface area (Å²) in [5.41, 5.74) is 0.938. The monoisotopic (exact) mass is 406 g/mol. The van der Waals surface area contributed by atoms with E-state index in [1.165, 1.54) is 18.2 Å². The van der Waals surface area contributed by atoms with E-state index < -0.39 is 22.8 Å². The highest BCUT2D eigenvalue weighted by Gasteiger charge is 2.32. The summed E-state index contributed by atoms with van der Waals surface area (Å²) in [4.78, 5) is 20.0. The molecule has 1 aliphatic rings. The Bertz CT molecular complexity index is 1050. The van der Waals surface area contributed by atoms with Crippen LogP contribution in [-0.2, 0) is 17.5 Å². The third-order valence-electron chi connectivity index (χ3n) is 4.84. The Balaban J connectivity index is 1.49. The molecule has 1 aliphatic heterocycles. The maximum atomic E-state index is 13.0. The van der Waals surface area contributed by atoms with Crippen LogP contribution in [0.1, 0.15) is 23.1 Å². The number of nitrogens with zero attached hydrogens (tertiary/aromatic N) is 3. The SMILES string of the molecule is O=[N+]([O-])c1ccc2nc(CN3CCOC(c4cccc(C(F)(F)F)c4)C3)[nH]c2c1. The number of nitro benzene ring substituents is 1. The summed E-state index contributed by atoms with van der Waals surface area (Å²) < 4.78 is 44.6. The number of non-ortho nitro benzene ring substituents is 1. The number of aromatic amines is 1. The molecule has 1 unspecified atom stereocenters. The predicted molar refractivity (Wildman–Crippen MR) is 98.2 cm³/mol. The molecule has 2 aromatic carbocycles. The van der Waals surface area contributed by atoms with E-state index in [2.05, 4.69) is 9.97 Å². The minimum absolute atomic E-state index is 0.0244. The lowest BCUT2D eigenvalue weighted by Crippen LogP contribution is -2.38. The number of rotatable bonds is 4. The molecule has 29 heavy (non-hydrogen) atoms. The lowest BCUT2D eigenvalue weighted by Gasteiger charge is -2.32. The molecule has 0 amide bonds. The minimum Gasteiger partial charge on any atom is -0.371 e. The smallest absolute Gasteiger partial charge is 0.371 e. The lowest BCUT2D eigenvalue weighted by atomic mass is 10.0. The van der Waals surface area contributed by atoms with E-state index in [9.17, 15) is 23.3 Å². The van der Waals surface area contributed by atoms with Gasteiger partial charge in [-0.25, -0.2) is 4.98 Å². The molecule has 2 heterocycles. The molecule has 1 fully saturated rings. The summed E-state index contributed by atoms with van der Waals surface area (Å²) in [6.45, 7) is 1.83. The molecule has 0 bridgehead atoms. The minimum atomic E-state index is -4.40. The Morgan fingerprint density at radius 3 is 2.86 bits per heavy atom. The van der Waals surface area contributed by atoms with Gasteiger partial charge in [0.25, 0.3) is 5.69 Å². The number of benzene rings is 2. The Hall–Kier alpha value is -2.98. The van der Waals surface area contributed by atoms with Crippen molar-refractivity contribution in [3.63, 3.8) is 0 Å². The van der Waals surface area contributed by atoms with Crippen LogP contribution < -0.4 is 0 Å². The number of hydrogen-bond donors (Lipinski definition) is 1. The molecule has 1 saturated heterocycles. The average molecular weight is 406 g/mol. The lowest BCUT2D eigenvalue weighted by molar-refractivity contribution is -0.384. The van der Waals surface area contributed by atoms with Crippen LogP contribution in [0.5, 0.6) is 0 Å². The third-order valence-corrected chi connectivity index (χ3v) is 4.84. The first-order valence-electron chi connectivity index (χ1n) is 8.94. The van der Waals surface area contributed by atoms with Crippen LogP contribution in [0.15, 0.2) is 42.5 Å². The van der Waals surface area contributed by atoms with Gasteiger partial charge in [0.1, 0.15) is 5.82 Å². The van der Waals surface area contributed by atoms with Crippen LogP contribution >= 0.6 is 0 Å². The molecular formula is C19H17F3N4O3. The van der Waals surface area contributed by atoms with E-state index in [0.29, 0.717) is 48.7 Å². The number of H-pyrrole nitrogens is 1. The summed E-state index contributed by atoms with van der Waals surface area (Å²) in [5.74, 6) is 0.630. The molecule has 152 valence electrons. The van der Waals surface area contributed by atoms with Gasteiger partial charge in [0, 0.05) is 25.2 Å². The second-order valence-corrected chi connectivity index (χ2v) is 6.86. The molecule has 1 atom stereocenters. The van der Waals surface area contributed by atoms with Gasteiger partial charge in [-0.3, -0.25) is 15.0 Å². The van der Waals surface area contributed by atoms with Crippen molar-refractivity contribution in [2.24, 2.45) is 0 Å². The van der Waals surface area contributed by atoms with E-state index >= 15 is 0 Å². The fraction of sp³-hybridized carbons (Fsp3) is 0.316. The molecular weight excluding hydrogens is 389 g/mol. The van der Waals surface area contributed by atoms with Crippen LogP contribution in [0.2, 0.25) is 0 Å². The fourth-order valence-electron chi connectivity index (χ4n) is 3.41. The maximum absolute atomic E-state index is 13.0. The fourth-order valence-corrected chi connectivity index (χ4v) is 3.41. The van der Waals surface area contributed by atoms with Crippen molar-refractivity contribution in [3.8, 4) is 0 Å². The van der Waals surface area contributed by atoms with Crippen molar-refractivity contribution in [1.82, 2.24) is 14.9 Å². The van der Waals surface area contributed by atoms with Crippen LogP contribution in [0.25, 0.3) is 11.0 Å². The van der Waals surface area contributed by atoms with Gasteiger partial charge in [0.15, 0.2) is 0 Å². The van der Waals surface area contributed by atoms with Crippen molar-refractivity contribution in [1.29, 1.82) is 0 Å². The molecule has 3 aromatic rings. The van der Waals surface area contributed by atoms with Gasteiger partial charge >= 0.3 is 6.18 Å².